The predicted molar refractivity (Wildman–Crippen MR) is 237 cm³/mol. The summed E-state index contributed by atoms with van der Waals surface area (Å²) in [5.41, 5.74) is 15.7. The van der Waals surface area contributed by atoms with Crippen molar-refractivity contribution >= 4 is 60.2 Å². The summed E-state index contributed by atoms with van der Waals surface area (Å²) in [6.45, 7) is 0. The number of hydrogen-bond acceptors (Lipinski definition) is 4. The van der Waals surface area contributed by atoms with Gasteiger partial charge in [0.25, 0.3) is 0 Å². The van der Waals surface area contributed by atoms with Crippen LogP contribution in [0.1, 0.15) is 0 Å². The first kappa shape index (κ1) is 32.3. The lowest BCUT2D eigenvalue weighted by Gasteiger charge is -2.15. The molecule has 0 spiro atoms. The topological polar surface area (TPSA) is 60.9 Å². The molecule has 0 atom stereocenters. The molecular formula is C52H32N6. The van der Waals surface area contributed by atoms with Gasteiger partial charge in [-0.1, -0.05) is 115 Å². The number of benzene rings is 6. The van der Waals surface area contributed by atoms with Gasteiger partial charge in [-0.2, -0.15) is 0 Å². The van der Waals surface area contributed by atoms with Gasteiger partial charge in [-0.05, 0) is 82.2 Å². The molecule has 6 heterocycles. The van der Waals surface area contributed by atoms with Gasteiger partial charge in [-0.25, -0.2) is 9.97 Å². The van der Waals surface area contributed by atoms with E-state index >= 15 is 0 Å². The van der Waals surface area contributed by atoms with Gasteiger partial charge in [0.15, 0.2) is 0 Å². The number of imidazole rings is 1. The maximum Gasteiger partial charge on any atom is 0.146 e. The Balaban J connectivity index is 1.13. The van der Waals surface area contributed by atoms with Crippen LogP contribution >= 0.6 is 0 Å². The fraction of sp³-hybridized carbons (Fsp3) is 0. The Morgan fingerprint density at radius 1 is 0.345 bits per heavy atom. The molecular weight excluding hydrogens is 709 g/mol. The van der Waals surface area contributed by atoms with Crippen LogP contribution in [-0.2, 0) is 0 Å². The van der Waals surface area contributed by atoms with Crippen LogP contribution in [0.3, 0.4) is 0 Å². The largest absolute Gasteiger partial charge is 0.309 e. The molecule has 0 aliphatic rings. The summed E-state index contributed by atoms with van der Waals surface area (Å²) in [6.07, 6.45) is 7.41. The molecule has 12 rings (SSSR count). The van der Waals surface area contributed by atoms with Crippen LogP contribution < -0.4 is 0 Å². The molecule has 0 unspecified atom stereocenters. The van der Waals surface area contributed by atoms with Crippen molar-refractivity contribution < 1.29 is 0 Å². The summed E-state index contributed by atoms with van der Waals surface area (Å²) in [5, 5.41) is 5.91. The first-order valence-corrected chi connectivity index (χ1v) is 19.4. The van der Waals surface area contributed by atoms with Crippen LogP contribution in [0.25, 0.3) is 111 Å². The second kappa shape index (κ2) is 12.8. The molecule has 0 saturated heterocycles. The van der Waals surface area contributed by atoms with E-state index in [4.69, 9.17) is 9.97 Å². The van der Waals surface area contributed by atoms with Crippen molar-refractivity contribution in [1.29, 1.82) is 0 Å². The Morgan fingerprint density at radius 3 is 1.53 bits per heavy atom. The minimum atomic E-state index is 0.891. The second-order valence-corrected chi connectivity index (χ2v) is 14.8. The molecule has 0 radical (unpaired) electrons. The van der Waals surface area contributed by atoms with Crippen LogP contribution in [0, 0.1) is 0 Å². The molecule has 0 N–H and O–H groups in total. The summed E-state index contributed by atoms with van der Waals surface area (Å²) in [6, 6.07) is 60.4. The van der Waals surface area contributed by atoms with Gasteiger partial charge < -0.3 is 4.57 Å². The lowest BCUT2D eigenvalue weighted by atomic mass is 10.0. The quantitative estimate of drug-likeness (QED) is 0.165. The van der Waals surface area contributed by atoms with E-state index in [1.807, 2.05) is 24.5 Å². The fourth-order valence-electron chi connectivity index (χ4n) is 8.72. The van der Waals surface area contributed by atoms with Crippen molar-refractivity contribution in [1.82, 2.24) is 28.9 Å². The molecule has 0 aliphatic carbocycles. The Kier molecular flexibility index (Phi) is 7.13. The van der Waals surface area contributed by atoms with Crippen molar-refractivity contribution in [2.45, 2.75) is 0 Å². The number of nitrogens with zero attached hydrogens (tertiary/aromatic N) is 6. The third-order valence-corrected chi connectivity index (χ3v) is 11.5. The zero-order valence-electron chi connectivity index (χ0n) is 31.2. The van der Waals surface area contributed by atoms with Gasteiger partial charge in [0.05, 0.1) is 44.7 Å². The SMILES string of the molecule is c1cncc(-c2ccc(-c3cc(-n4c5ccccc5c5cc6c7ccccc7c7nc8ccccc8n7c6cc54)cc(-c4ccc(-c5cccnc5)cc4)n3)cc2)c1. The molecule has 12 aromatic rings. The molecule has 6 aromatic heterocycles. The van der Waals surface area contributed by atoms with Crippen molar-refractivity contribution in [2.24, 2.45) is 0 Å². The minimum absolute atomic E-state index is 0.891. The van der Waals surface area contributed by atoms with E-state index in [9.17, 15) is 0 Å². The molecule has 0 aliphatic heterocycles. The number of para-hydroxylation sites is 3. The van der Waals surface area contributed by atoms with E-state index in [-0.39, 0.29) is 0 Å². The van der Waals surface area contributed by atoms with Gasteiger partial charge in [-0.3, -0.25) is 14.4 Å². The summed E-state index contributed by atoms with van der Waals surface area (Å²) in [5.74, 6) is 0. The highest BCUT2D eigenvalue weighted by Gasteiger charge is 2.20. The summed E-state index contributed by atoms with van der Waals surface area (Å²) < 4.78 is 4.75. The van der Waals surface area contributed by atoms with Gasteiger partial charge in [0.1, 0.15) is 5.65 Å². The molecule has 0 fully saturated rings. The van der Waals surface area contributed by atoms with E-state index in [0.29, 0.717) is 0 Å². The maximum atomic E-state index is 5.35. The van der Waals surface area contributed by atoms with Crippen LogP contribution in [-0.4, -0.2) is 28.9 Å². The van der Waals surface area contributed by atoms with Crippen molar-refractivity contribution in [3.05, 3.63) is 195 Å². The highest BCUT2D eigenvalue weighted by molar-refractivity contribution is 6.20. The third kappa shape index (κ3) is 5.05. The van der Waals surface area contributed by atoms with E-state index in [2.05, 4.69) is 177 Å². The number of rotatable bonds is 5. The second-order valence-electron chi connectivity index (χ2n) is 14.8. The lowest BCUT2D eigenvalue weighted by Crippen LogP contribution is -1.99. The normalized spacial score (nSPS) is 11.8. The standard InChI is InChI=1S/C52H32N6/c1-2-13-42-40(11-1)43-29-44-41-12-3-5-15-48(41)57(50(44)30-51(43)58-49-16-6-4-14-45(49)56-52(42)58)39-27-46(35-21-17-33(18-22-35)37-9-7-25-53-31-37)55-47(28-39)36-23-19-34(20-24-36)38-10-8-26-54-32-38/h1-32H. The highest BCUT2D eigenvalue weighted by Crippen LogP contribution is 2.40. The zero-order valence-corrected chi connectivity index (χ0v) is 31.2. The van der Waals surface area contributed by atoms with Gasteiger partial charge >= 0.3 is 0 Å². The Labute approximate surface area is 333 Å². The summed E-state index contributed by atoms with van der Waals surface area (Å²) >= 11 is 0. The van der Waals surface area contributed by atoms with Gasteiger partial charge in [0.2, 0.25) is 0 Å². The number of hydrogen-bond donors (Lipinski definition) is 0. The molecule has 0 saturated carbocycles. The lowest BCUT2D eigenvalue weighted by molar-refractivity contribution is 1.16. The monoisotopic (exact) mass is 740 g/mol. The minimum Gasteiger partial charge on any atom is -0.309 e. The Hall–Kier alpha value is -7.96. The average molecular weight is 741 g/mol. The van der Waals surface area contributed by atoms with Gasteiger partial charge in [-0.15, -0.1) is 0 Å². The predicted octanol–water partition coefficient (Wildman–Crippen LogP) is 12.7. The Morgan fingerprint density at radius 2 is 0.897 bits per heavy atom. The number of pyridine rings is 4. The molecule has 6 heteroatoms. The van der Waals surface area contributed by atoms with Crippen LogP contribution in [0.15, 0.2) is 195 Å². The van der Waals surface area contributed by atoms with Crippen LogP contribution in [0.4, 0.5) is 0 Å². The number of aromatic nitrogens is 6. The third-order valence-electron chi connectivity index (χ3n) is 11.5. The van der Waals surface area contributed by atoms with Crippen molar-refractivity contribution in [2.75, 3.05) is 0 Å². The van der Waals surface area contributed by atoms with Crippen LogP contribution in [0.2, 0.25) is 0 Å². The summed E-state index contributed by atoms with van der Waals surface area (Å²) in [7, 11) is 0. The Bertz CT molecular complexity index is 3430. The number of fused-ring (bicyclic) bond motifs is 11. The van der Waals surface area contributed by atoms with E-state index < -0.39 is 0 Å². The van der Waals surface area contributed by atoms with E-state index in [1.165, 1.54) is 21.5 Å². The molecule has 6 nitrogen and oxygen atoms in total. The highest BCUT2D eigenvalue weighted by atomic mass is 15.0. The smallest absolute Gasteiger partial charge is 0.146 e. The van der Waals surface area contributed by atoms with Gasteiger partial charge in [0, 0.05) is 57.5 Å². The fourth-order valence-corrected chi connectivity index (χ4v) is 8.72. The molecule has 270 valence electrons. The van der Waals surface area contributed by atoms with Crippen molar-refractivity contribution in [3.63, 3.8) is 0 Å². The maximum absolute atomic E-state index is 5.35. The molecule has 6 aromatic carbocycles. The van der Waals surface area contributed by atoms with Crippen molar-refractivity contribution in [3.8, 4) is 50.5 Å². The average Bonchev–Trinajstić information content (AvgIpc) is 3.85. The summed E-state index contributed by atoms with van der Waals surface area (Å²) in [4.78, 5) is 19.2. The van der Waals surface area contributed by atoms with Crippen LogP contribution in [0.5, 0.6) is 0 Å². The first-order chi connectivity index (χ1) is 28.7. The molecule has 0 bridgehead atoms. The first-order valence-electron chi connectivity index (χ1n) is 19.4. The van der Waals surface area contributed by atoms with E-state index in [1.54, 1.807) is 12.4 Å². The van der Waals surface area contributed by atoms with E-state index in [0.717, 1.165) is 89.1 Å². The zero-order chi connectivity index (χ0) is 38.2. The molecule has 0 amide bonds. The molecule has 58 heavy (non-hydrogen) atoms.